The molecule has 1 aromatic rings. The van der Waals surface area contributed by atoms with Gasteiger partial charge in [0, 0.05) is 13.1 Å². The minimum Gasteiger partial charge on any atom is -0.478 e. The van der Waals surface area contributed by atoms with Gasteiger partial charge in [-0.15, -0.1) is 0 Å². The molecule has 2 heterocycles. The third-order valence-electron chi connectivity index (χ3n) is 3.59. The maximum atomic E-state index is 12.1. The van der Waals surface area contributed by atoms with Crippen molar-refractivity contribution < 1.29 is 14.7 Å². The lowest BCUT2D eigenvalue weighted by atomic mass is 10.1. The van der Waals surface area contributed by atoms with Gasteiger partial charge in [-0.3, -0.25) is 9.48 Å². The molecule has 0 atom stereocenters. The van der Waals surface area contributed by atoms with Crippen molar-refractivity contribution in [2.45, 2.75) is 39.7 Å². The lowest BCUT2D eigenvalue weighted by Crippen LogP contribution is -2.38. The Hall–Kier alpha value is -1.85. The van der Waals surface area contributed by atoms with Gasteiger partial charge >= 0.3 is 5.97 Å². The normalized spacial score (nSPS) is 15.6. The second kappa shape index (κ2) is 5.42. The van der Waals surface area contributed by atoms with E-state index in [1.54, 1.807) is 13.8 Å². The minimum absolute atomic E-state index is 0.0160. The van der Waals surface area contributed by atoms with Gasteiger partial charge < -0.3 is 10.0 Å². The molecule has 1 aromatic heterocycles. The van der Waals surface area contributed by atoms with E-state index in [1.807, 2.05) is 4.90 Å². The predicted molar refractivity (Wildman–Crippen MR) is 69.1 cm³/mol. The van der Waals surface area contributed by atoms with Gasteiger partial charge in [-0.1, -0.05) is 0 Å². The van der Waals surface area contributed by atoms with E-state index in [1.165, 1.54) is 11.1 Å². The number of likely N-dealkylation sites (tertiary alicyclic amines) is 1. The molecule has 2 rings (SSSR count). The van der Waals surface area contributed by atoms with Crippen molar-refractivity contribution >= 4 is 11.9 Å². The van der Waals surface area contributed by atoms with Crippen LogP contribution in [0, 0.1) is 13.8 Å². The third kappa shape index (κ3) is 2.77. The second-order valence-electron chi connectivity index (χ2n) is 4.95. The van der Waals surface area contributed by atoms with Gasteiger partial charge in [0.05, 0.1) is 11.4 Å². The number of carbonyl (C=O) groups excluding carboxylic acids is 1. The SMILES string of the molecule is Cc1nn(CC(=O)N2CCCCC2)c(C)c1C(=O)O. The molecule has 1 saturated heterocycles. The van der Waals surface area contributed by atoms with Crippen molar-refractivity contribution in [3.63, 3.8) is 0 Å². The number of amides is 1. The number of rotatable bonds is 3. The Morgan fingerprint density at radius 2 is 1.84 bits per heavy atom. The predicted octanol–water partition coefficient (Wildman–Crippen LogP) is 1.21. The minimum atomic E-state index is -0.994. The smallest absolute Gasteiger partial charge is 0.339 e. The van der Waals surface area contributed by atoms with E-state index in [0.29, 0.717) is 11.4 Å². The highest BCUT2D eigenvalue weighted by Crippen LogP contribution is 2.14. The van der Waals surface area contributed by atoms with Crippen LogP contribution < -0.4 is 0 Å². The summed E-state index contributed by atoms with van der Waals surface area (Å²) in [6, 6.07) is 0. The molecule has 0 unspecified atom stereocenters. The quantitative estimate of drug-likeness (QED) is 0.891. The summed E-state index contributed by atoms with van der Waals surface area (Å²) in [5.74, 6) is -0.978. The molecule has 1 aliphatic rings. The Bertz CT molecular complexity index is 501. The van der Waals surface area contributed by atoms with E-state index in [4.69, 9.17) is 5.11 Å². The highest BCUT2D eigenvalue weighted by atomic mass is 16.4. The second-order valence-corrected chi connectivity index (χ2v) is 4.95. The zero-order valence-corrected chi connectivity index (χ0v) is 11.3. The molecule has 1 amide bonds. The summed E-state index contributed by atoms with van der Waals surface area (Å²) < 4.78 is 1.50. The van der Waals surface area contributed by atoms with E-state index in [2.05, 4.69) is 5.10 Å². The number of carboxylic acids is 1. The first kappa shape index (κ1) is 13.6. The molecular weight excluding hydrogens is 246 g/mol. The molecule has 6 nitrogen and oxygen atoms in total. The summed E-state index contributed by atoms with van der Waals surface area (Å²) in [6.07, 6.45) is 3.26. The topological polar surface area (TPSA) is 75.4 Å². The van der Waals surface area contributed by atoms with Gasteiger partial charge in [0.1, 0.15) is 12.1 Å². The number of hydrogen-bond acceptors (Lipinski definition) is 3. The maximum Gasteiger partial charge on any atom is 0.339 e. The Labute approximate surface area is 112 Å². The molecule has 0 aromatic carbocycles. The first-order chi connectivity index (χ1) is 9.00. The molecule has 0 saturated carbocycles. The van der Waals surface area contributed by atoms with Crippen molar-refractivity contribution in [1.29, 1.82) is 0 Å². The van der Waals surface area contributed by atoms with Gasteiger partial charge in [0.25, 0.3) is 0 Å². The first-order valence-corrected chi connectivity index (χ1v) is 6.55. The summed E-state index contributed by atoms with van der Waals surface area (Å²) in [4.78, 5) is 25.1. The fraction of sp³-hybridized carbons (Fsp3) is 0.615. The highest BCUT2D eigenvalue weighted by Gasteiger charge is 2.21. The van der Waals surface area contributed by atoms with Crippen LogP contribution in [0.1, 0.15) is 41.0 Å². The fourth-order valence-electron chi connectivity index (χ4n) is 2.53. The molecule has 0 spiro atoms. The van der Waals surface area contributed by atoms with Gasteiger partial charge in [-0.2, -0.15) is 5.10 Å². The van der Waals surface area contributed by atoms with Gasteiger partial charge in [0.2, 0.25) is 5.91 Å². The Kier molecular flexibility index (Phi) is 3.87. The number of aryl methyl sites for hydroxylation is 1. The molecule has 104 valence electrons. The van der Waals surface area contributed by atoms with Crippen molar-refractivity contribution in [3.8, 4) is 0 Å². The summed E-state index contributed by atoms with van der Waals surface area (Å²) in [7, 11) is 0. The lowest BCUT2D eigenvalue weighted by molar-refractivity contribution is -0.132. The molecule has 0 radical (unpaired) electrons. The van der Waals surface area contributed by atoms with Crippen molar-refractivity contribution in [2.75, 3.05) is 13.1 Å². The highest BCUT2D eigenvalue weighted by molar-refractivity contribution is 5.90. The summed E-state index contributed by atoms with van der Waals surface area (Å²) >= 11 is 0. The fourth-order valence-corrected chi connectivity index (χ4v) is 2.53. The van der Waals surface area contributed by atoms with Gasteiger partial charge in [0.15, 0.2) is 0 Å². The van der Waals surface area contributed by atoms with Crippen molar-refractivity contribution in [2.24, 2.45) is 0 Å². The number of carbonyl (C=O) groups is 2. The molecule has 1 fully saturated rings. The lowest BCUT2D eigenvalue weighted by Gasteiger charge is -2.26. The number of aromatic nitrogens is 2. The molecule has 1 aliphatic heterocycles. The molecule has 1 N–H and O–H groups in total. The molecule has 6 heteroatoms. The average molecular weight is 265 g/mol. The van der Waals surface area contributed by atoms with E-state index in [0.717, 1.165) is 25.9 Å². The molecule has 19 heavy (non-hydrogen) atoms. The maximum absolute atomic E-state index is 12.1. The number of aromatic carboxylic acids is 1. The molecule has 0 bridgehead atoms. The number of piperidine rings is 1. The zero-order chi connectivity index (χ0) is 14.0. The number of carboxylic acid groups (broad SMARTS) is 1. The summed E-state index contributed by atoms with van der Waals surface area (Å²) in [5.41, 5.74) is 1.19. The zero-order valence-electron chi connectivity index (χ0n) is 11.3. The van der Waals surface area contributed by atoms with Crippen LogP contribution >= 0.6 is 0 Å². The molecule has 0 aliphatic carbocycles. The van der Waals surface area contributed by atoms with E-state index in [-0.39, 0.29) is 18.0 Å². The Morgan fingerprint density at radius 1 is 1.21 bits per heavy atom. The van der Waals surface area contributed by atoms with Crippen LogP contribution in [0.5, 0.6) is 0 Å². The van der Waals surface area contributed by atoms with Crippen molar-refractivity contribution in [1.82, 2.24) is 14.7 Å². The van der Waals surface area contributed by atoms with Crippen LogP contribution in [-0.2, 0) is 11.3 Å². The van der Waals surface area contributed by atoms with Crippen molar-refractivity contribution in [3.05, 3.63) is 17.0 Å². The van der Waals surface area contributed by atoms with Gasteiger partial charge in [-0.05, 0) is 33.1 Å². The average Bonchev–Trinajstić information content (AvgIpc) is 2.65. The Morgan fingerprint density at radius 3 is 2.37 bits per heavy atom. The van der Waals surface area contributed by atoms with Crippen LogP contribution in [0.2, 0.25) is 0 Å². The Balaban J connectivity index is 2.13. The third-order valence-corrected chi connectivity index (χ3v) is 3.59. The van der Waals surface area contributed by atoms with Crippen LogP contribution in [0.3, 0.4) is 0 Å². The van der Waals surface area contributed by atoms with Crippen LogP contribution in [-0.4, -0.2) is 44.8 Å². The standard InChI is InChI=1S/C13H19N3O3/c1-9-12(13(18)19)10(2)16(14-9)8-11(17)15-6-4-3-5-7-15/h3-8H2,1-2H3,(H,18,19). The summed E-state index contributed by atoms with van der Waals surface area (Å²) in [6.45, 7) is 5.05. The van der Waals surface area contributed by atoms with E-state index >= 15 is 0 Å². The number of hydrogen-bond donors (Lipinski definition) is 1. The van der Waals surface area contributed by atoms with E-state index < -0.39 is 5.97 Å². The first-order valence-electron chi connectivity index (χ1n) is 6.55. The van der Waals surface area contributed by atoms with E-state index in [9.17, 15) is 9.59 Å². The summed E-state index contributed by atoms with van der Waals surface area (Å²) in [5, 5.41) is 13.2. The number of nitrogens with zero attached hydrogens (tertiary/aromatic N) is 3. The molecular formula is C13H19N3O3. The largest absolute Gasteiger partial charge is 0.478 e. The monoisotopic (exact) mass is 265 g/mol. The van der Waals surface area contributed by atoms with Crippen LogP contribution in [0.4, 0.5) is 0 Å². The van der Waals surface area contributed by atoms with Gasteiger partial charge in [-0.25, -0.2) is 4.79 Å². The van der Waals surface area contributed by atoms with Crippen LogP contribution in [0.15, 0.2) is 0 Å². The van der Waals surface area contributed by atoms with Crippen LogP contribution in [0.25, 0.3) is 0 Å².